The number of hydrogen-bond donors (Lipinski definition) is 1. The molecule has 1 aromatic carbocycles. The Kier molecular flexibility index (Phi) is 5.63. The van der Waals surface area contributed by atoms with Crippen molar-refractivity contribution in [3.63, 3.8) is 0 Å². The summed E-state index contributed by atoms with van der Waals surface area (Å²) < 4.78 is 1.47. The average Bonchev–Trinajstić information content (AvgIpc) is 3.14. The normalized spacial score (nSPS) is 10.2. The number of imidazole rings is 1. The highest BCUT2D eigenvalue weighted by Gasteiger charge is 2.13. The molecule has 0 saturated heterocycles. The van der Waals surface area contributed by atoms with Gasteiger partial charge >= 0.3 is 0 Å². The molecule has 0 spiro atoms. The van der Waals surface area contributed by atoms with Crippen LogP contribution in [0.25, 0.3) is 27.8 Å². The van der Waals surface area contributed by atoms with Crippen molar-refractivity contribution < 1.29 is 0 Å². The molecule has 0 atom stereocenters. The molecule has 3 heterocycles. The molecular weight excluding hydrogens is 302 g/mol. The zero-order valence-electron chi connectivity index (χ0n) is 14.8. The molecule has 0 aliphatic heterocycles. The third kappa shape index (κ3) is 2.75. The van der Waals surface area contributed by atoms with Crippen LogP contribution in [0.2, 0.25) is 0 Å². The number of aryl methyl sites for hydroxylation is 1. The van der Waals surface area contributed by atoms with Crippen LogP contribution in [0, 0.1) is 0 Å². The topological polar surface area (TPSA) is 75.9 Å². The van der Waals surface area contributed by atoms with E-state index in [9.17, 15) is 4.79 Å². The van der Waals surface area contributed by atoms with Gasteiger partial charge in [-0.25, -0.2) is 19.4 Å². The van der Waals surface area contributed by atoms with Gasteiger partial charge in [0.15, 0.2) is 5.65 Å². The maximum Gasteiger partial charge on any atom is 0.268 e. The molecule has 4 aromatic rings. The highest BCUT2D eigenvalue weighted by molar-refractivity contribution is 5.82. The first-order chi connectivity index (χ1) is 11.8. The molecule has 0 amide bonds. The number of aromatic nitrogens is 5. The van der Waals surface area contributed by atoms with Crippen molar-refractivity contribution in [2.45, 2.75) is 41.0 Å². The van der Waals surface area contributed by atoms with Gasteiger partial charge in [0, 0.05) is 0 Å². The number of benzene rings is 1. The number of para-hydroxylation sites is 1. The third-order valence-corrected chi connectivity index (χ3v) is 3.45. The summed E-state index contributed by atoms with van der Waals surface area (Å²) in [5, 5.41) is 0.570. The molecule has 6 nitrogen and oxygen atoms in total. The highest BCUT2D eigenvalue weighted by atomic mass is 16.1. The Morgan fingerprint density at radius 2 is 1.79 bits per heavy atom. The highest BCUT2D eigenvalue weighted by Crippen LogP contribution is 2.16. The summed E-state index contributed by atoms with van der Waals surface area (Å²) in [6, 6.07) is 7.27. The second-order valence-corrected chi connectivity index (χ2v) is 4.58. The fourth-order valence-electron chi connectivity index (χ4n) is 2.49. The van der Waals surface area contributed by atoms with Gasteiger partial charge < -0.3 is 4.98 Å². The molecule has 24 heavy (non-hydrogen) atoms. The molecular formula is C18H23N5O. The van der Waals surface area contributed by atoms with E-state index in [-0.39, 0.29) is 5.56 Å². The van der Waals surface area contributed by atoms with Crippen LogP contribution in [-0.4, -0.2) is 24.3 Å². The number of H-pyrrole nitrogens is 1. The first kappa shape index (κ1) is 17.6. The first-order valence-electron chi connectivity index (χ1n) is 8.43. The molecule has 6 heteroatoms. The summed E-state index contributed by atoms with van der Waals surface area (Å²) in [5.74, 6) is 0.394. The van der Waals surface area contributed by atoms with Gasteiger partial charge in [0.2, 0.25) is 5.78 Å². The minimum atomic E-state index is -0.141. The molecule has 4 rings (SSSR count). The second-order valence-electron chi connectivity index (χ2n) is 4.58. The van der Waals surface area contributed by atoms with Gasteiger partial charge in [0.1, 0.15) is 5.52 Å². The fraction of sp³-hybridized carbons (Fsp3) is 0.333. The van der Waals surface area contributed by atoms with Gasteiger partial charge in [0.25, 0.3) is 5.56 Å². The maximum atomic E-state index is 12.6. The Morgan fingerprint density at radius 3 is 2.50 bits per heavy atom. The van der Waals surface area contributed by atoms with Crippen molar-refractivity contribution in [1.29, 1.82) is 0 Å². The summed E-state index contributed by atoms with van der Waals surface area (Å²) >= 11 is 0. The maximum absolute atomic E-state index is 12.6. The van der Waals surface area contributed by atoms with Gasteiger partial charge in [-0.05, 0) is 18.6 Å². The van der Waals surface area contributed by atoms with E-state index in [1.54, 1.807) is 12.4 Å². The van der Waals surface area contributed by atoms with Crippen molar-refractivity contribution in [1.82, 2.24) is 24.3 Å². The molecule has 0 aliphatic rings. The van der Waals surface area contributed by atoms with Crippen molar-refractivity contribution in [3.8, 4) is 0 Å². The van der Waals surface area contributed by atoms with E-state index >= 15 is 0 Å². The summed E-state index contributed by atoms with van der Waals surface area (Å²) in [4.78, 5) is 28.9. The fourth-order valence-corrected chi connectivity index (χ4v) is 2.49. The largest absolute Gasteiger partial charge is 0.342 e. The van der Waals surface area contributed by atoms with Crippen molar-refractivity contribution >= 4 is 27.8 Å². The van der Waals surface area contributed by atoms with Crippen LogP contribution in [0.1, 0.15) is 40.3 Å². The quantitative estimate of drug-likeness (QED) is 0.541. The monoisotopic (exact) mass is 325 g/mol. The van der Waals surface area contributed by atoms with E-state index in [4.69, 9.17) is 0 Å². The van der Waals surface area contributed by atoms with Crippen LogP contribution < -0.4 is 5.56 Å². The van der Waals surface area contributed by atoms with Crippen molar-refractivity contribution in [2.75, 3.05) is 0 Å². The Hall–Kier alpha value is -2.76. The summed E-state index contributed by atoms with van der Waals surface area (Å²) in [5.41, 5.74) is 2.74. The van der Waals surface area contributed by atoms with Gasteiger partial charge in [-0.2, -0.15) is 0 Å². The number of fused-ring (bicyclic) bond motifs is 4. The van der Waals surface area contributed by atoms with Crippen LogP contribution in [0.5, 0.6) is 0 Å². The predicted molar refractivity (Wildman–Crippen MR) is 98.5 cm³/mol. The lowest BCUT2D eigenvalue weighted by Crippen LogP contribution is -2.18. The zero-order chi connectivity index (χ0) is 17.7. The minimum Gasteiger partial charge on any atom is -0.342 e. The zero-order valence-corrected chi connectivity index (χ0v) is 14.8. The van der Waals surface area contributed by atoms with Crippen LogP contribution in [-0.2, 0) is 6.42 Å². The predicted octanol–water partition coefficient (Wildman–Crippen LogP) is 3.73. The minimum absolute atomic E-state index is 0.141. The molecule has 0 saturated carbocycles. The van der Waals surface area contributed by atoms with Gasteiger partial charge in [-0.1, -0.05) is 46.8 Å². The summed E-state index contributed by atoms with van der Waals surface area (Å²) in [6.45, 7) is 10.0. The molecule has 0 unspecified atom stereocenters. The Bertz CT molecular complexity index is 1020. The average molecular weight is 325 g/mol. The lowest BCUT2D eigenvalue weighted by Gasteiger charge is -2.05. The van der Waals surface area contributed by atoms with Gasteiger partial charge in [0.05, 0.1) is 22.9 Å². The van der Waals surface area contributed by atoms with E-state index < -0.39 is 0 Å². The Labute approximate surface area is 140 Å². The lowest BCUT2D eigenvalue weighted by molar-refractivity contribution is 0.988. The third-order valence-electron chi connectivity index (χ3n) is 3.45. The Balaban J connectivity index is 0.000000487. The first-order valence-corrected chi connectivity index (χ1v) is 8.43. The second kappa shape index (κ2) is 7.68. The smallest absolute Gasteiger partial charge is 0.268 e. The SMILES string of the molecule is CC.CC.CCc1nc2nc3ccccc3c(=O)n2c2nc[nH]c12. The number of hydrogen-bond acceptors (Lipinski definition) is 4. The van der Waals surface area contributed by atoms with E-state index in [0.717, 1.165) is 17.6 Å². The van der Waals surface area contributed by atoms with E-state index in [0.29, 0.717) is 22.3 Å². The van der Waals surface area contributed by atoms with Gasteiger partial charge in [-0.3, -0.25) is 4.79 Å². The van der Waals surface area contributed by atoms with Crippen LogP contribution >= 0.6 is 0 Å². The number of nitrogens with zero attached hydrogens (tertiary/aromatic N) is 4. The van der Waals surface area contributed by atoms with Crippen LogP contribution in [0.15, 0.2) is 35.4 Å². The molecule has 0 radical (unpaired) electrons. The van der Waals surface area contributed by atoms with Crippen LogP contribution in [0.4, 0.5) is 0 Å². The molecule has 0 bridgehead atoms. The van der Waals surface area contributed by atoms with E-state index in [1.165, 1.54) is 4.40 Å². The molecule has 1 N–H and O–H groups in total. The summed E-state index contributed by atoms with van der Waals surface area (Å²) in [7, 11) is 0. The van der Waals surface area contributed by atoms with E-state index in [2.05, 4.69) is 19.9 Å². The number of rotatable bonds is 1. The van der Waals surface area contributed by atoms with Crippen molar-refractivity contribution in [2.24, 2.45) is 0 Å². The molecule has 0 aliphatic carbocycles. The Morgan fingerprint density at radius 1 is 1.08 bits per heavy atom. The van der Waals surface area contributed by atoms with Gasteiger partial charge in [-0.15, -0.1) is 0 Å². The molecule has 3 aromatic heterocycles. The number of nitrogens with one attached hydrogen (secondary N) is 1. The van der Waals surface area contributed by atoms with Crippen molar-refractivity contribution in [3.05, 3.63) is 46.6 Å². The van der Waals surface area contributed by atoms with Crippen LogP contribution in [0.3, 0.4) is 0 Å². The molecule has 126 valence electrons. The number of aromatic amines is 1. The lowest BCUT2D eigenvalue weighted by atomic mass is 10.2. The van der Waals surface area contributed by atoms with E-state index in [1.807, 2.05) is 52.8 Å². The summed E-state index contributed by atoms with van der Waals surface area (Å²) in [6.07, 6.45) is 2.32. The molecule has 0 fully saturated rings. The standard InChI is InChI=1S/C14H11N5O.2C2H6/c1-2-9-11-12(16-7-15-11)19-13(20)8-5-3-4-6-10(8)18-14(19)17-9;2*1-2/h3-7H,2H2,1H3,(H,15,16);2*1-2H3.